The Hall–Kier alpha value is -1.82. The summed E-state index contributed by atoms with van der Waals surface area (Å²) in [5, 5.41) is 29.6. The minimum atomic E-state index is -0.899. The van der Waals surface area contributed by atoms with E-state index in [2.05, 4.69) is 6.92 Å². The molecule has 2 N–H and O–H groups in total. The van der Waals surface area contributed by atoms with Crippen LogP contribution in [0, 0.1) is 10.1 Å². The highest BCUT2D eigenvalue weighted by Crippen LogP contribution is 2.25. The van der Waals surface area contributed by atoms with Crippen molar-refractivity contribution < 1.29 is 19.9 Å². The second-order valence-electron chi connectivity index (χ2n) is 5.74. The van der Waals surface area contributed by atoms with Gasteiger partial charge in [-0.3, -0.25) is 10.1 Å². The molecule has 1 aromatic rings. The van der Waals surface area contributed by atoms with Crippen LogP contribution in [0.2, 0.25) is 0 Å². The molecule has 0 bridgehead atoms. The van der Waals surface area contributed by atoms with Crippen molar-refractivity contribution in [2.24, 2.45) is 0 Å². The molecule has 6 nitrogen and oxygen atoms in total. The van der Waals surface area contributed by atoms with Crippen LogP contribution in [-0.4, -0.2) is 28.0 Å². The summed E-state index contributed by atoms with van der Waals surface area (Å²) in [6.45, 7) is 2.53. The first-order chi connectivity index (χ1) is 11.0. The van der Waals surface area contributed by atoms with Crippen molar-refractivity contribution in [3.63, 3.8) is 0 Å². The molecule has 1 aromatic carbocycles. The summed E-state index contributed by atoms with van der Waals surface area (Å²) >= 11 is 0. The second kappa shape index (κ2) is 10.8. The van der Waals surface area contributed by atoms with E-state index in [1.807, 2.05) is 0 Å². The average Bonchev–Trinajstić information content (AvgIpc) is 2.52. The molecule has 0 aliphatic rings. The number of aryl methyl sites for hydroxylation is 1. The van der Waals surface area contributed by atoms with Gasteiger partial charge in [-0.1, -0.05) is 32.3 Å². The Morgan fingerprint density at radius 3 is 2.57 bits per heavy atom. The minimum absolute atomic E-state index is 0.114. The zero-order valence-electron chi connectivity index (χ0n) is 13.7. The number of hydrogen-bond donors (Lipinski definition) is 2. The smallest absolute Gasteiger partial charge is 0.315 e. The van der Waals surface area contributed by atoms with Crippen LogP contribution in [0.15, 0.2) is 18.2 Å². The minimum Gasteiger partial charge on any atom is -0.504 e. The van der Waals surface area contributed by atoms with E-state index in [9.17, 15) is 20.3 Å². The first kappa shape index (κ1) is 19.2. The molecule has 0 aliphatic heterocycles. The molecule has 0 aromatic heterocycles. The van der Waals surface area contributed by atoms with E-state index in [1.54, 1.807) is 12.1 Å². The molecule has 130 valence electrons. The van der Waals surface area contributed by atoms with Crippen LogP contribution in [0.3, 0.4) is 0 Å². The Balaban J connectivity index is 2.20. The molecule has 1 rings (SSSR count). The third-order valence-electron chi connectivity index (χ3n) is 3.75. The van der Waals surface area contributed by atoms with Gasteiger partial charge in [0.1, 0.15) is 0 Å². The van der Waals surface area contributed by atoms with E-state index in [0.717, 1.165) is 50.5 Å². The van der Waals surface area contributed by atoms with Crippen molar-refractivity contribution in [3.8, 4) is 11.5 Å². The summed E-state index contributed by atoms with van der Waals surface area (Å²) < 4.78 is 5.34. The van der Waals surface area contributed by atoms with Crippen LogP contribution in [0.5, 0.6) is 11.5 Å². The number of phenolic OH excluding ortho intramolecular Hbond substituents is 2. The number of nitrogens with zero attached hydrogens (tertiary/aromatic N) is 1. The van der Waals surface area contributed by atoms with Crippen LogP contribution in [0.1, 0.15) is 57.4 Å². The van der Waals surface area contributed by atoms with E-state index in [4.69, 9.17) is 4.74 Å². The Kier molecular flexibility index (Phi) is 9.05. The maximum absolute atomic E-state index is 10.9. The molecule has 0 saturated heterocycles. The number of benzene rings is 1. The van der Waals surface area contributed by atoms with Crippen molar-refractivity contribution in [3.05, 3.63) is 33.9 Å². The molecule has 0 fully saturated rings. The Labute approximate surface area is 137 Å². The lowest BCUT2D eigenvalue weighted by atomic mass is 10.1. The van der Waals surface area contributed by atoms with Crippen LogP contribution in [0.25, 0.3) is 0 Å². The molecular formula is C17H27NO5. The molecule has 0 heterocycles. The molecule has 1 atom stereocenters. The van der Waals surface area contributed by atoms with Gasteiger partial charge < -0.3 is 14.9 Å². The molecule has 0 amide bonds. The lowest BCUT2D eigenvalue weighted by Gasteiger charge is -2.10. The van der Waals surface area contributed by atoms with Gasteiger partial charge in [0.25, 0.3) is 0 Å². The second-order valence-corrected chi connectivity index (χ2v) is 5.74. The third-order valence-corrected chi connectivity index (χ3v) is 3.75. The third kappa shape index (κ3) is 7.83. The maximum atomic E-state index is 10.9. The summed E-state index contributed by atoms with van der Waals surface area (Å²) in [6.07, 6.45) is 5.76. The van der Waals surface area contributed by atoms with Crippen molar-refractivity contribution in [2.75, 3.05) is 6.61 Å². The lowest BCUT2D eigenvalue weighted by Crippen LogP contribution is -2.23. The fourth-order valence-corrected chi connectivity index (χ4v) is 2.37. The van der Waals surface area contributed by atoms with Gasteiger partial charge in [0.15, 0.2) is 11.5 Å². The highest BCUT2D eigenvalue weighted by Gasteiger charge is 2.19. The van der Waals surface area contributed by atoms with Gasteiger partial charge in [0.2, 0.25) is 0 Å². The average molecular weight is 325 g/mol. The van der Waals surface area contributed by atoms with Gasteiger partial charge in [0, 0.05) is 6.42 Å². The number of phenols is 2. The number of nitro groups is 1. The Morgan fingerprint density at radius 1 is 1.13 bits per heavy atom. The van der Waals surface area contributed by atoms with Crippen LogP contribution in [-0.2, 0) is 11.2 Å². The number of ether oxygens (including phenoxy) is 1. The molecule has 1 unspecified atom stereocenters. The van der Waals surface area contributed by atoms with Crippen molar-refractivity contribution in [2.45, 2.75) is 64.5 Å². The van der Waals surface area contributed by atoms with E-state index >= 15 is 0 Å². The van der Waals surface area contributed by atoms with Gasteiger partial charge in [-0.25, -0.2) is 0 Å². The van der Waals surface area contributed by atoms with Crippen LogP contribution < -0.4 is 0 Å². The summed E-state index contributed by atoms with van der Waals surface area (Å²) in [6, 6.07) is 4.79. The summed E-state index contributed by atoms with van der Waals surface area (Å²) in [4.78, 5) is 10.6. The van der Waals surface area contributed by atoms with Crippen molar-refractivity contribution in [1.82, 2.24) is 0 Å². The van der Waals surface area contributed by atoms with Crippen LogP contribution >= 0.6 is 0 Å². The first-order valence-corrected chi connectivity index (χ1v) is 8.30. The van der Waals surface area contributed by atoms with E-state index in [1.165, 1.54) is 6.07 Å². The molecule has 23 heavy (non-hydrogen) atoms. The maximum Gasteiger partial charge on any atom is 0.315 e. The van der Waals surface area contributed by atoms with Gasteiger partial charge >= 0.3 is 6.23 Å². The topological polar surface area (TPSA) is 92.8 Å². The van der Waals surface area contributed by atoms with Gasteiger partial charge in [0.05, 0.1) is 11.5 Å². The fourth-order valence-electron chi connectivity index (χ4n) is 2.37. The number of aromatic hydroxyl groups is 2. The molecule has 0 radical (unpaired) electrons. The molecule has 0 spiro atoms. The van der Waals surface area contributed by atoms with E-state index in [0.29, 0.717) is 13.0 Å². The number of unbranched alkanes of at least 4 members (excludes halogenated alkanes) is 4. The fraction of sp³-hybridized carbons (Fsp3) is 0.647. The monoisotopic (exact) mass is 325 g/mol. The van der Waals surface area contributed by atoms with Gasteiger partial charge in [-0.15, -0.1) is 0 Å². The van der Waals surface area contributed by atoms with Crippen molar-refractivity contribution in [1.29, 1.82) is 0 Å². The summed E-state index contributed by atoms with van der Waals surface area (Å²) in [7, 11) is 0. The molecule has 0 aliphatic carbocycles. The number of hydrogen-bond acceptors (Lipinski definition) is 5. The summed E-state index contributed by atoms with van der Waals surface area (Å²) in [5.74, 6) is -0.237. The summed E-state index contributed by atoms with van der Waals surface area (Å²) in [5.41, 5.74) is 0.946. The molecule has 0 saturated carbocycles. The van der Waals surface area contributed by atoms with Crippen LogP contribution in [0.4, 0.5) is 0 Å². The standard InChI is InChI=1S/C17H27NO5/c1-2-3-7-12-23-17(18(21)22)9-6-4-5-8-14-10-11-15(19)16(20)13-14/h10-11,13,17,19-20H,2-9,12H2,1H3. The Bertz CT molecular complexity index is 478. The van der Waals surface area contributed by atoms with Gasteiger partial charge in [-0.05, 0) is 43.4 Å². The van der Waals surface area contributed by atoms with E-state index < -0.39 is 6.23 Å². The lowest BCUT2D eigenvalue weighted by molar-refractivity contribution is -0.577. The van der Waals surface area contributed by atoms with Gasteiger partial charge in [-0.2, -0.15) is 0 Å². The highest BCUT2D eigenvalue weighted by atomic mass is 16.7. The predicted octanol–water partition coefficient (Wildman–Crippen LogP) is 4.01. The Morgan fingerprint density at radius 2 is 1.91 bits per heavy atom. The zero-order valence-corrected chi connectivity index (χ0v) is 13.7. The molecular weight excluding hydrogens is 298 g/mol. The normalized spacial score (nSPS) is 12.2. The SMILES string of the molecule is CCCCCOC(CCCCCc1ccc(O)c(O)c1)[N+](=O)[O-]. The zero-order chi connectivity index (χ0) is 17.1. The molecule has 6 heteroatoms. The first-order valence-electron chi connectivity index (χ1n) is 8.30. The largest absolute Gasteiger partial charge is 0.504 e. The van der Waals surface area contributed by atoms with E-state index in [-0.39, 0.29) is 16.4 Å². The van der Waals surface area contributed by atoms with Crippen molar-refractivity contribution >= 4 is 0 Å². The predicted molar refractivity (Wildman–Crippen MR) is 88.2 cm³/mol. The quantitative estimate of drug-likeness (QED) is 0.199. The highest BCUT2D eigenvalue weighted by molar-refractivity contribution is 5.40. The number of rotatable bonds is 12.